The van der Waals surface area contributed by atoms with Gasteiger partial charge in [0, 0.05) is 0 Å². The Morgan fingerprint density at radius 3 is 1.32 bits per heavy atom. The van der Waals surface area contributed by atoms with E-state index in [1.807, 2.05) is 0 Å². The van der Waals surface area contributed by atoms with Crippen LogP contribution >= 0.6 is 0 Å². The maximum atomic E-state index is 8.74. The molecule has 119 valence electrons. The van der Waals surface area contributed by atoms with Gasteiger partial charge in [0.05, 0.1) is 0 Å². The zero-order valence-corrected chi connectivity index (χ0v) is 14.1. The van der Waals surface area contributed by atoms with Crippen LogP contribution in [0, 0.1) is 0 Å². The summed E-state index contributed by atoms with van der Waals surface area (Å²) in [5.41, 5.74) is 0. The summed E-state index contributed by atoms with van der Waals surface area (Å²) in [5.74, 6) is 0. The molecule has 0 aliphatic carbocycles. The minimum absolute atomic E-state index is 0. The van der Waals surface area contributed by atoms with Crippen molar-refractivity contribution in [1.29, 1.82) is 0 Å². The van der Waals surface area contributed by atoms with E-state index in [1.165, 1.54) is 69.5 Å². The standard InChI is InChI=1S/C12H25.Cr.H3N.H2O4S/c1-3-5-7-9-11-12-10-8-6-4-2;;;1-5(2,3)4/h1,3-12H2,2H3;;1H3;(H2,1,2,3,4). The van der Waals surface area contributed by atoms with Gasteiger partial charge in [-0.1, -0.05) is 0 Å². The fourth-order valence-corrected chi connectivity index (χ4v) is 1.91. The average molecular weight is 336 g/mol. The summed E-state index contributed by atoms with van der Waals surface area (Å²) in [6.45, 7) is 2.28. The van der Waals surface area contributed by atoms with Gasteiger partial charge < -0.3 is 6.15 Å². The molecule has 0 fully saturated rings. The summed E-state index contributed by atoms with van der Waals surface area (Å²) in [4.78, 5) is 0. The van der Waals surface area contributed by atoms with Crippen LogP contribution in [0.5, 0.6) is 0 Å². The van der Waals surface area contributed by atoms with Crippen molar-refractivity contribution < 1.29 is 33.8 Å². The summed E-state index contributed by atoms with van der Waals surface area (Å²) in [6, 6.07) is 0. The van der Waals surface area contributed by atoms with Crippen LogP contribution in [-0.4, -0.2) is 17.5 Å². The summed E-state index contributed by atoms with van der Waals surface area (Å²) in [6.07, 6.45) is 14.4. The first-order chi connectivity index (χ1) is 8.41. The topological polar surface area (TPSA) is 110 Å². The van der Waals surface area contributed by atoms with Crippen LogP contribution in [-0.2, 0) is 26.7 Å². The Morgan fingerprint density at radius 2 is 1.05 bits per heavy atom. The van der Waals surface area contributed by atoms with E-state index in [1.54, 1.807) is 0 Å². The predicted molar refractivity (Wildman–Crippen MR) is 75.9 cm³/mol. The fraction of sp³-hybridized carbons (Fsp3) is 1.00. The van der Waals surface area contributed by atoms with Crippen molar-refractivity contribution in [3.05, 3.63) is 0 Å². The van der Waals surface area contributed by atoms with Crippen LogP contribution in [0.4, 0.5) is 0 Å². The largest absolute Gasteiger partial charge is 0.394 e. The van der Waals surface area contributed by atoms with Gasteiger partial charge in [0.1, 0.15) is 0 Å². The molecule has 7 heteroatoms. The molecule has 0 saturated carbocycles. The quantitative estimate of drug-likeness (QED) is 0.405. The van der Waals surface area contributed by atoms with Crippen LogP contribution in [0.25, 0.3) is 0 Å². The maximum absolute atomic E-state index is 8.74. The smallest absolute Gasteiger partial charge is 0.344 e. The molecule has 5 nitrogen and oxygen atoms in total. The second kappa shape index (κ2) is 18.4. The van der Waals surface area contributed by atoms with Crippen molar-refractivity contribution in [3.63, 3.8) is 0 Å². The fourth-order valence-electron chi connectivity index (χ4n) is 1.59. The Balaban J connectivity index is -0.000000366. The monoisotopic (exact) mass is 336 g/mol. The minimum atomic E-state index is -4.67. The molecule has 0 aliphatic rings. The SMILES string of the molecule is CCCCCCCCCCC[CH2][Cr].N.O=S(=O)(O)O. The van der Waals surface area contributed by atoms with Crippen LogP contribution in [0.15, 0.2) is 0 Å². The zero-order valence-electron chi connectivity index (χ0n) is 12.0. The van der Waals surface area contributed by atoms with Gasteiger partial charge in [0.25, 0.3) is 0 Å². The average Bonchev–Trinajstić information content (AvgIpc) is 2.25. The second-order valence-electron chi connectivity index (χ2n) is 4.33. The van der Waals surface area contributed by atoms with Gasteiger partial charge in [0.15, 0.2) is 0 Å². The first-order valence-corrected chi connectivity index (χ1v) is 8.99. The molecule has 0 heterocycles. The summed E-state index contributed by atoms with van der Waals surface area (Å²) in [7, 11) is -4.67. The Hall–Kier alpha value is 0.362. The molecule has 5 N–H and O–H groups in total. The van der Waals surface area contributed by atoms with E-state index in [9.17, 15) is 0 Å². The second-order valence-corrected chi connectivity index (χ2v) is 5.87. The van der Waals surface area contributed by atoms with E-state index in [-0.39, 0.29) is 6.15 Å². The Bertz CT molecular complexity index is 230. The number of hydrogen-bond acceptors (Lipinski definition) is 3. The zero-order chi connectivity index (χ0) is 14.3. The Labute approximate surface area is 127 Å². The minimum Gasteiger partial charge on any atom is -0.344 e. The van der Waals surface area contributed by atoms with E-state index in [4.69, 9.17) is 17.5 Å². The van der Waals surface area contributed by atoms with Crippen molar-refractivity contribution in [1.82, 2.24) is 6.15 Å². The van der Waals surface area contributed by atoms with Gasteiger partial charge in [-0.05, 0) is 0 Å². The van der Waals surface area contributed by atoms with Gasteiger partial charge in [-0.2, -0.15) is 8.42 Å². The molecular formula is C12H30CrNO4S. The van der Waals surface area contributed by atoms with Gasteiger partial charge >= 0.3 is 103 Å². The van der Waals surface area contributed by atoms with E-state index >= 15 is 0 Å². The van der Waals surface area contributed by atoms with Crippen LogP contribution in [0.3, 0.4) is 0 Å². The van der Waals surface area contributed by atoms with Crippen molar-refractivity contribution in [2.75, 3.05) is 0 Å². The number of rotatable bonds is 10. The molecule has 0 aromatic rings. The van der Waals surface area contributed by atoms with E-state index < -0.39 is 10.4 Å². The molecule has 0 rings (SSSR count). The first-order valence-electron chi connectivity index (χ1n) is 6.69. The molecule has 0 aliphatic heterocycles. The summed E-state index contributed by atoms with van der Waals surface area (Å²) >= 11 is 3.07. The van der Waals surface area contributed by atoms with Crippen molar-refractivity contribution in [2.24, 2.45) is 0 Å². The van der Waals surface area contributed by atoms with Gasteiger partial charge in [-0.15, -0.1) is 0 Å². The van der Waals surface area contributed by atoms with Crippen LogP contribution in [0.2, 0.25) is 5.28 Å². The van der Waals surface area contributed by atoms with Crippen molar-refractivity contribution >= 4 is 10.4 Å². The molecule has 19 heavy (non-hydrogen) atoms. The molecule has 0 aromatic carbocycles. The maximum Gasteiger partial charge on any atom is 0.394 e. The molecule has 0 amide bonds. The van der Waals surface area contributed by atoms with Gasteiger partial charge in [0.2, 0.25) is 0 Å². The third kappa shape index (κ3) is 45.8. The normalized spacial score (nSPS) is 10.3. The summed E-state index contributed by atoms with van der Waals surface area (Å²) < 4.78 is 31.6. The molecular weight excluding hydrogens is 306 g/mol. The van der Waals surface area contributed by atoms with E-state index in [2.05, 4.69) is 23.2 Å². The molecule has 0 saturated heterocycles. The van der Waals surface area contributed by atoms with E-state index in [0.29, 0.717) is 0 Å². The first kappa shape index (κ1) is 24.4. The Morgan fingerprint density at radius 1 is 0.789 bits per heavy atom. The van der Waals surface area contributed by atoms with Gasteiger partial charge in [-0.3, -0.25) is 9.11 Å². The summed E-state index contributed by atoms with van der Waals surface area (Å²) in [5, 5.41) is 1.25. The number of hydrogen-bond donors (Lipinski definition) is 3. The van der Waals surface area contributed by atoms with Crippen molar-refractivity contribution in [2.45, 2.75) is 76.4 Å². The van der Waals surface area contributed by atoms with E-state index in [0.717, 1.165) is 0 Å². The molecule has 0 bridgehead atoms. The molecule has 0 atom stereocenters. The number of unbranched alkanes of at least 4 members (excludes halogenated alkanes) is 9. The Kier molecular flexibility index (Phi) is 23.6. The predicted octanol–water partition coefficient (Wildman–Crippen LogP) is 4.38. The van der Waals surface area contributed by atoms with Crippen molar-refractivity contribution in [3.8, 4) is 0 Å². The third-order valence-corrected chi connectivity index (χ3v) is 2.95. The van der Waals surface area contributed by atoms with Gasteiger partial charge in [-0.25, -0.2) is 0 Å². The van der Waals surface area contributed by atoms with Crippen LogP contribution < -0.4 is 6.15 Å². The third-order valence-electron chi connectivity index (χ3n) is 2.50. The molecule has 0 unspecified atom stereocenters. The molecule has 0 spiro atoms. The molecule has 0 aromatic heterocycles. The molecule has 0 radical (unpaired) electrons. The van der Waals surface area contributed by atoms with Crippen LogP contribution in [0.1, 0.15) is 71.1 Å².